The largest absolute Gasteiger partial charge is 0.496 e. The first-order valence-electron chi connectivity index (χ1n) is 12.3. The molecule has 0 fully saturated rings. The second-order valence-corrected chi connectivity index (χ2v) is 10.5. The van der Waals surface area contributed by atoms with E-state index in [0.717, 1.165) is 15.6 Å². The summed E-state index contributed by atoms with van der Waals surface area (Å²) in [5.41, 5.74) is 2.42. The Labute approximate surface area is 234 Å². The number of hydrogen-bond donors (Lipinski definition) is 0. The predicted octanol–water partition coefficient (Wildman–Crippen LogP) is 4.44. The molecule has 2 heterocycles. The topological polar surface area (TPSA) is 73.1 Å². The van der Waals surface area contributed by atoms with Crippen molar-refractivity contribution in [2.45, 2.75) is 26.8 Å². The fourth-order valence-corrected chi connectivity index (χ4v) is 6.04. The number of nitrogens with zero attached hydrogens (tertiary/aromatic N) is 3. The molecule has 1 aliphatic rings. The molecule has 0 saturated carbocycles. The number of allylic oxidation sites excluding steroid dienone is 1. The van der Waals surface area contributed by atoms with Crippen molar-refractivity contribution >= 4 is 39.2 Å². The number of amides is 1. The number of rotatable bonds is 9. The first kappa shape index (κ1) is 27.6. The van der Waals surface area contributed by atoms with Crippen molar-refractivity contribution in [2.75, 3.05) is 26.8 Å². The summed E-state index contributed by atoms with van der Waals surface area (Å²) in [6.07, 6.45) is 3.51. The summed E-state index contributed by atoms with van der Waals surface area (Å²) in [6, 6.07) is 12.5. The van der Waals surface area contributed by atoms with E-state index in [-0.39, 0.29) is 11.5 Å². The third-order valence-electron chi connectivity index (χ3n) is 6.35. The van der Waals surface area contributed by atoms with Crippen LogP contribution in [-0.2, 0) is 4.79 Å². The van der Waals surface area contributed by atoms with E-state index in [0.29, 0.717) is 51.8 Å². The van der Waals surface area contributed by atoms with Crippen LogP contribution in [0.2, 0.25) is 0 Å². The second kappa shape index (κ2) is 12.0. The summed E-state index contributed by atoms with van der Waals surface area (Å²) < 4.78 is 14.2. The van der Waals surface area contributed by atoms with Crippen LogP contribution in [0.1, 0.15) is 37.9 Å². The molecule has 2 aromatic carbocycles. The van der Waals surface area contributed by atoms with Crippen molar-refractivity contribution < 1.29 is 14.3 Å². The lowest BCUT2D eigenvalue weighted by molar-refractivity contribution is -0.127. The highest BCUT2D eigenvalue weighted by atomic mass is 79.9. The normalized spacial score (nSPS) is 15.1. The lowest BCUT2D eigenvalue weighted by Crippen LogP contribution is -2.43. The third-order valence-corrected chi connectivity index (χ3v) is 7.95. The molecule has 1 amide bonds. The van der Waals surface area contributed by atoms with Crippen LogP contribution in [-0.4, -0.2) is 42.2 Å². The number of benzene rings is 2. The van der Waals surface area contributed by atoms with Gasteiger partial charge in [-0.1, -0.05) is 48.3 Å². The number of ether oxygens (including phenoxy) is 2. The molecular formula is C29H30BrN3O4S. The summed E-state index contributed by atoms with van der Waals surface area (Å²) in [6.45, 7) is 10.9. The van der Waals surface area contributed by atoms with Gasteiger partial charge >= 0.3 is 0 Å². The van der Waals surface area contributed by atoms with E-state index in [9.17, 15) is 9.59 Å². The van der Waals surface area contributed by atoms with Crippen LogP contribution >= 0.6 is 27.3 Å². The van der Waals surface area contributed by atoms with E-state index < -0.39 is 6.04 Å². The van der Waals surface area contributed by atoms with Crippen LogP contribution in [0, 0.1) is 0 Å². The molecule has 0 N–H and O–H groups in total. The number of methoxy groups -OCH3 is 1. The minimum atomic E-state index is -0.668. The highest BCUT2D eigenvalue weighted by Crippen LogP contribution is 2.36. The Morgan fingerprint density at radius 2 is 1.95 bits per heavy atom. The number of hydrogen-bond acceptors (Lipinski definition) is 6. The molecule has 4 rings (SSSR count). The van der Waals surface area contributed by atoms with Gasteiger partial charge in [-0.15, -0.1) is 0 Å². The van der Waals surface area contributed by atoms with Gasteiger partial charge in [-0.3, -0.25) is 14.2 Å². The smallest absolute Gasteiger partial charge is 0.271 e. The summed E-state index contributed by atoms with van der Waals surface area (Å²) in [5, 5.41) is 0. The van der Waals surface area contributed by atoms with Gasteiger partial charge in [0.05, 0.1) is 27.4 Å². The molecule has 0 saturated heterocycles. The Morgan fingerprint density at radius 3 is 2.61 bits per heavy atom. The molecule has 0 spiro atoms. The van der Waals surface area contributed by atoms with E-state index >= 15 is 0 Å². The number of thiazole rings is 1. The zero-order chi connectivity index (χ0) is 27.4. The highest BCUT2D eigenvalue weighted by Gasteiger charge is 2.35. The average molecular weight is 597 g/mol. The maximum absolute atomic E-state index is 13.9. The molecule has 0 aliphatic carbocycles. The van der Waals surface area contributed by atoms with Gasteiger partial charge in [0.25, 0.3) is 11.5 Å². The number of likely N-dealkylation sites (N-methyl/N-ethyl adjacent to an activating group) is 1. The number of aromatic nitrogens is 1. The molecule has 198 valence electrons. The second-order valence-electron chi connectivity index (χ2n) is 8.59. The van der Waals surface area contributed by atoms with Crippen molar-refractivity contribution in [2.24, 2.45) is 4.99 Å². The number of carbonyl (C=O) groups is 1. The fourth-order valence-electron chi connectivity index (χ4n) is 4.49. The highest BCUT2D eigenvalue weighted by molar-refractivity contribution is 9.10. The number of fused-ring (bicyclic) bond motifs is 1. The van der Waals surface area contributed by atoms with Gasteiger partial charge < -0.3 is 14.4 Å². The molecule has 38 heavy (non-hydrogen) atoms. The third kappa shape index (κ3) is 5.26. The number of para-hydroxylation sites is 1. The molecule has 1 aromatic heterocycles. The molecule has 1 atom stereocenters. The molecular weight excluding hydrogens is 566 g/mol. The Morgan fingerprint density at radius 1 is 1.21 bits per heavy atom. The lowest BCUT2D eigenvalue weighted by atomic mass is 9.94. The van der Waals surface area contributed by atoms with Gasteiger partial charge in [0.1, 0.15) is 24.1 Å². The number of halogens is 1. The molecule has 9 heteroatoms. The van der Waals surface area contributed by atoms with Crippen LogP contribution in [0.25, 0.3) is 6.08 Å². The van der Waals surface area contributed by atoms with Crippen molar-refractivity contribution in [3.8, 4) is 11.5 Å². The van der Waals surface area contributed by atoms with Crippen LogP contribution in [0.3, 0.4) is 0 Å². The van der Waals surface area contributed by atoms with Crippen molar-refractivity contribution in [3.05, 3.63) is 102 Å². The summed E-state index contributed by atoms with van der Waals surface area (Å²) in [4.78, 5) is 34.7. The molecule has 1 aliphatic heterocycles. The Bertz CT molecular complexity index is 1580. The molecule has 0 unspecified atom stereocenters. The number of carbonyl (C=O) groups excluding carboxylic acids is 1. The average Bonchev–Trinajstić information content (AvgIpc) is 3.22. The Kier molecular flexibility index (Phi) is 8.69. The van der Waals surface area contributed by atoms with Gasteiger partial charge in [-0.05, 0) is 66.5 Å². The standard InChI is InChI=1S/C29H30BrN3O4S/c1-6-15-37-23-14-13-19(16-21(23)30)17-24-27(34)33-26(20-11-9-10-12-22(20)36-5)25(18(4)31-29(33)38-24)28(35)32(7-2)8-3/h6,9-14,16-17,26H,1,7-8,15H2,2-5H3/b24-17+/t26-/m1/s1. The first-order chi connectivity index (χ1) is 18.3. The monoisotopic (exact) mass is 595 g/mol. The SMILES string of the molecule is C=CCOc1ccc(/C=c2/sc3n(c2=O)[C@H](c2ccccc2OC)C(C(=O)N(CC)CC)=C(C)N=3)cc1Br. The first-order valence-corrected chi connectivity index (χ1v) is 13.9. The Balaban J connectivity index is 1.92. The molecule has 3 aromatic rings. The summed E-state index contributed by atoms with van der Waals surface area (Å²) in [5.74, 6) is 1.15. The lowest BCUT2D eigenvalue weighted by Gasteiger charge is -2.29. The van der Waals surface area contributed by atoms with E-state index in [2.05, 4.69) is 22.5 Å². The van der Waals surface area contributed by atoms with Gasteiger partial charge in [0, 0.05) is 18.7 Å². The van der Waals surface area contributed by atoms with Crippen molar-refractivity contribution in [3.63, 3.8) is 0 Å². The van der Waals surface area contributed by atoms with Gasteiger partial charge in [-0.25, -0.2) is 4.99 Å². The van der Waals surface area contributed by atoms with Crippen LogP contribution < -0.4 is 24.4 Å². The zero-order valence-electron chi connectivity index (χ0n) is 21.9. The van der Waals surface area contributed by atoms with Crippen LogP contribution in [0.4, 0.5) is 0 Å². The van der Waals surface area contributed by atoms with Crippen LogP contribution in [0.15, 0.2) is 80.6 Å². The quantitative estimate of drug-likeness (QED) is 0.343. The summed E-state index contributed by atoms with van der Waals surface area (Å²) >= 11 is 4.84. The minimum absolute atomic E-state index is 0.138. The maximum Gasteiger partial charge on any atom is 0.271 e. The predicted molar refractivity (Wildman–Crippen MR) is 155 cm³/mol. The van der Waals surface area contributed by atoms with Gasteiger partial charge in [-0.2, -0.15) is 0 Å². The zero-order valence-corrected chi connectivity index (χ0v) is 24.3. The maximum atomic E-state index is 13.9. The summed E-state index contributed by atoms with van der Waals surface area (Å²) in [7, 11) is 1.59. The molecule has 0 radical (unpaired) electrons. The van der Waals surface area contributed by atoms with E-state index in [4.69, 9.17) is 14.5 Å². The van der Waals surface area contributed by atoms with Gasteiger partial charge in [0.2, 0.25) is 0 Å². The minimum Gasteiger partial charge on any atom is -0.496 e. The van der Waals surface area contributed by atoms with Crippen molar-refractivity contribution in [1.82, 2.24) is 9.47 Å². The molecule has 7 nitrogen and oxygen atoms in total. The van der Waals surface area contributed by atoms with E-state index in [1.165, 1.54) is 11.3 Å². The van der Waals surface area contributed by atoms with Gasteiger partial charge in [0.15, 0.2) is 4.80 Å². The van der Waals surface area contributed by atoms with E-state index in [1.54, 1.807) is 22.7 Å². The Hall–Kier alpha value is -3.43. The van der Waals surface area contributed by atoms with Crippen LogP contribution in [0.5, 0.6) is 11.5 Å². The van der Waals surface area contributed by atoms with Crippen molar-refractivity contribution in [1.29, 1.82) is 0 Å². The fraction of sp³-hybridized carbons (Fsp3) is 0.276. The molecule has 0 bridgehead atoms. The van der Waals surface area contributed by atoms with E-state index in [1.807, 2.05) is 69.3 Å².